The van der Waals surface area contributed by atoms with Gasteiger partial charge in [-0.15, -0.1) is 23.7 Å². The van der Waals surface area contributed by atoms with Crippen LogP contribution in [-0.2, 0) is 6.54 Å². The van der Waals surface area contributed by atoms with Gasteiger partial charge in [0, 0.05) is 40.6 Å². The third kappa shape index (κ3) is 3.21. The first-order chi connectivity index (χ1) is 14.0. The average molecular weight is 447 g/mol. The Bertz CT molecular complexity index is 1210. The van der Waals surface area contributed by atoms with Gasteiger partial charge >= 0.3 is 5.97 Å². The van der Waals surface area contributed by atoms with Gasteiger partial charge in [0.1, 0.15) is 5.56 Å². The quantitative estimate of drug-likeness (QED) is 0.620. The van der Waals surface area contributed by atoms with Crippen molar-refractivity contribution in [1.82, 2.24) is 9.88 Å². The molecule has 0 radical (unpaired) electrons. The monoisotopic (exact) mass is 446 g/mol. The average Bonchev–Trinajstić information content (AvgIpc) is 3.45. The summed E-state index contributed by atoms with van der Waals surface area (Å²) in [6.07, 6.45) is 3.43. The van der Waals surface area contributed by atoms with Gasteiger partial charge in [0.25, 0.3) is 0 Å². The van der Waals surface area contributed by atoms with Crippen molar-refractivity contribution in [3.63, 3.8) is 0 Å². The smallest absolute Gasteiger partial charge is 0.341 e. The van der Waals surface area contributed by atoms with E-state index >= 15 is 0 Å². The second-order valence-corrected chi connectivity index (χ2v) is 9.02. The summed E-state index contributed by atoms with van der Waals surface area (Å²) in [5.41, 5.74) is 2.36. The Morgan fingerprint density at radius 3 is 2.73 bits per heavy atom. The van der Waals surface area contributed by atoms with Crippen molar-refractivity contribution >= 4 is 40.6 Å². The Morgan fingerprint density at radius 2 is 2.10 bits per heavy atom. The zero-order valence-electron chi connectivity index (χ0n) is 16.7. The lowest BCUT2D eigenvalue weighted by atomic mass is 9.97. The van der Waals surface area contributed by atoms with E-state index in [1.54, 1.807) is 24.5 Å². The van der Waals surface area contributed by atoms with E-state index in [2.05, 4.69) is 18.3 Å². The van der Waals surface area contributed by atoms with Gasteiger partial charge in [-0.25, -0.2) is 4.79 Å². The molecule has 6 nitrogen and oxygen atoms in total. The summed E-state index contributed by atoms with van der Waals surface area (Å²) in [6.45, 7) is 4.06. The minimum absolute atomic E-state index is 0. The fourth-order valence-electron chi connectivity index (χ4n) is 4.25. The summed E-state index contributed by atoms with van der Waals surface area (Å²) in [5.74, 6) is -0.0950. The van der Waals surface area contributed by atoms with Crippen molar-refractivity contribution in [2.75, 3.05) is 13.7 Å². The molecule has 0 bridgehead atoms. The molecule has 3 aromatic rings. The minimum Gasteiger partial charge on any atom is -0.494 e. The van der Waals surface area contributed by atoms with Crippen LogP contribution in [0.4, 0.5) is 0 Å². The number of thiophene rings is 1. The topological polar surface area (TPSA) is 80.6 Å². The van der Waals surface area contributed by atoms with Crippen LogP contribution in [0.2, 0.25) is 0 Å². The van der Waals surface area contributed by atoms with E-state index in [-0.39, 0.29) is 24.0 Å². The van der Waals surface area contributed by atoms with E-state index in [9.17, 15) is 14.7 Å². The van der Waals surface area contributed by atoms with Gasteiger partial charge in [0.05, 0.1) is 18.0 Å². The number of benzene rings is 1. The normalized spacial score (nSPS) is 18.0. The van der Waals surface area contributed by atoms with Crippen molar-refractivity contribution in [3.05, 3.63) is 50.6 Å². The highest BCUT2D eigenvalue weighted by Gasteiger charge is 2.29. The lowest BCUT2D eigenvalue weighted by Gasteiger charge is -2.19. The highest BCUT2D eigenvalue weighted by Crippen LogP contribution is 2.45. The number of pyridine rings is 1. The second-order valence-electron chi connectivity index (χ2n) is 7.88. The van der Waals surface area contributed by atoms with Crippen molar-refractivity contribution in [3.8, 4) is 16.2 Å². The minimum atomic E-state index is -1.19. The van der Waals surface area contributed by atoms with Gasteiger partial charge in [0.15, 0.2) is 5.75 Å². The van der Waals surface area contributed by atoms with Crippen LogP contribution in [0.5, 0.6) is 5.75 Å². The molecule has 0 saturated heterocycles. The van der Waals surface area contributed by atoms with Crippen LogP contribution < -0.4 is 15.5 Å². The van der Waals surface area contributed by atoms with Crippen LogP contribution in [0.25, 0.3) is 21.3 Å². The molecule has 1 aliphatic heterocycles. The van der Waals surface area contributed by atoms with Crippen LogP contribution in [0.3, 0.4) is 0 Å². The maximum absolute atomic E-state index is 12.8. The molecule has 0 amide bonds. The molecule has 158 valence electrons. The molecule has 1 aromatic carbocycles. The summed E-state index contributed by atoms with van der Waals surface area (Å²) in [7, 11) is 1.61. The molecule has 1 atom stereocenters. The standard InChI is InChI=1S/C22H22N2O4S.ClH/c1-11-8-23-9-18-15(11)7-17(29-18)13-5-6-14-19(21(13)28-2)24(12-3-4-12)10-16(20(14)25)22(26)27;/h5-7,10-12,23H,3-4,8-9H2,1-2H3,(H,26,27);1H. The summed E-state index contributed by atoms with van der Waals surface area (Å²) < 4.78 is 7.76. The number of aromatic carboxylic acids is 1. The van der Waals surface area contributed by atoms with Gasteiger partial charge in [-0.2, -0.15) is 0 Å². The third-order valence-corrected chi connectivity index (χ3v) is 7.08. The molecular formula is C22H23ClN2O4S. The summed E-state index contributed by atoms with van der Waals surface area (Å²) in [6, 6.07) is 6.09. The number of halogens is 1. The van der Waals surface area contributed by atoms with E-state index in [0.717, 1.165) is 36.4 Å². The van der Waals surface area contributed by atoms with E-state index in [0.29, 0.717) is 22.6 Å². The number of nitrogens with zero attached hydrogens (tertiary/aromatic N) is 1. The molecule has 1 fully saturated rings. The lowest BCUT2D eigenvalue weighted by Crippen LogP contribution is -2.24. The van der Waals surface area contributed by atoms with Gasteiger partial charge in [0.2, 0.25) is 5.43 Å². The van der Waals surface area contributed by atoms with Gasteiger partial charge in [-0.05, 0) is 42.5 Å². The van der Waals surface area contributed by atoms with Gasteiger partial charge < -0.3 is 19.7 Å². The second kappa shape index (κ2) is 7.72. The number of hydrogen-bond donors (Lipinski definition) is 2. The molecule has 0 spiro atoms. The Kier molecular flexibility index (Phi) is 5.38. The third-order valence-electron chi connectivity index (χ3n) is 5.90. The maximum Gasteiger partial charge on any atom is 0.341 e. The van der Waals surface area contributed by atoms with E-state index < -0.39 is 11.4 Å². The van der Waals surface area contributed by atoms with E-state index in [1.165, 1.54) is 16.6 Å². The Morgan fingerprint density at radius 1 is 1.33 bits per heavy atom. The number of methoxy groups -OCH3 is 1. The molecular weight excluding hydrogens is 424 g/mol. The largest absolute Gasteiger partial charge is 0.494 e. The lowest BCUT2D eigenvalue weighted by molar-refractivity contribution is 0.0695. The van der Waals surface area contributed by atoms with Gasteiger partial charge in [-0.1, -0.05) is 6.92 Å². The number of aromatic nitrogens is 1. The molecule has 3 heterocycles. The fraction of sp³-hybridized carbons (Fsp3) is 0.364. The van der Waals surface area contributed by atoms with Crippen LogP contribution in [-0.4, -0.2) is 29.3 Å². The molecule has 1 saturated carbocycles. The number of nitrogens with one attached hydrogen (secondary N) is 1. The van der Waals surface area contributed by atoms with Crippen molar-refractivity contribution in [2.24, 2.45) is 0 Å². The van der Waals surface area contributed by atoms with Crippen LogP contribution in [0.15, 0.2) is 29.2 Å². The number of rotatable bonds is 4. The SMILES string of the molecule is COc1c(-c2cc3c(s2)CNCC3C)ccc2c(=O)c(C(=O)O)cn(C3CC3)c12.Cl. The summed E-state index contributed by atoms with van der Waals surface area (Å²) in [4.78, 5) is 26.9. The van der Waals surface area contributed by atoms with E-state index in [1.807, 2.05) is 10.6 Å². The molecule has 5 rings (SSSR count). The zero-order chi connectivity index (χ0) is 20.3. The maximum atomic E-state index is 12.8. The number of ether oxygens (including phenoxy) is 1. The van der Waals surface area contributed by atoms with Crippen LogP contribution in [0.1, 0.15) is 52.5 Å². The highest BCUT2D eigenvalue weighted by atomic mass is 35.5. The molecule has 8 heteroatoms. The summed E-state index contributed by atoms with van der Waals surface area (Å²) >= 11 is 1.75. The van der Waals surface area contributed by atoms with Crippen LogP contribution >= 0.6 is 23.7 Å². The molecule has 1 aliphatic carbocycles. The number of hydrogen-bond acceptors (Lipinski definition) is 5. The first kappa shape index (κ1) is 20.9. The number of carboxylic acid groups (broad SMARTS) is 1. The van der Waals surface area contributed by atoms with Gasteiger partial charge in [-0.3, -0.25) is 4.79 Å². The number of carbonyl (C=O) groups is 1. The van der Waals surface area contributed by atoms with Crippen molar-refractivity contribution in [2.45, 2.75) is 38.3 Å². The van der Waals surface area contributed by atoms with E-state index in [4.69, 9.17) is 4.74 Å². The fourth-order valence-corrected chi connectivity index (χ4v) is 5.53. The predicted octanol–water partition coefficient (Wildman–Crippen LogP) is 4.40. The summed E-state index contributed by atoms with van der Waals surface area (Å²) in [5, 5.41) is 13.3. The molecule has 1 unspecified atom stereocenters. The molecule has 30 heavy (non-hydrogen) atoms. The highest BCUT2D eigenvalue weighted by molar-refractivity contribution is 7.15. The van der Waals surface area contributed by atoms with Crippen molar-refractivity contribution in [1.29, 1.82) is 0 Å². The number of carboxylic acids is 1. The molecule has 2 aliphatic rings. The first-order valence-electron chi connectivity index (χ1n) is 9.82. The predicted molar refractivity (Wildman–Crippen MR) is 121 cm³/mol. The zero-order valence-corrected chi connectivity index (χ0v) is 18.4. The van der Waals surface area contributed by atoms with Crippen LogP contribution in [0, 0.1) is 0 Å². The Labute approximate surface area is 183 Å². The Balaban J connectivity index is 0.00000218. The number of fused-ring (bicyclic) bond motifs is 2. The first-order valence-corrected chi connectivity index (χ1v) is 10.6. The molecule has 2 N–H and O–H groups in total. The Hall–Kier alpha value is -2.35. The van der Waals surface area contributed by atoms with Crippen molar-refractivity contribution < 1.29 is 14.6 Å². The molecule has 2 aromatic heterocycles.